The first-order valence-corrected chi connectivity index (χ1v) is 17.9. The number of fused-ring (bicyclic) bond motifs is 9. The minimum atomic E-state index is -0.0385. The highest BCUT2D eigenvalue weighted by molar-refractivity contribution is 6.19. The number of benzene rings is 8. The van der Waals surface area contributed by atoms with Gasteiger partial charge in [-0.15, -0.1) is 0 Å². The van der Waals surface area contributed by atoms with Crippen molar-refractivity contribution in [3.05, 3.63) is 186 Å². The predicted octanol–water partition coefficient (Wildman–Crippen LogP) is 13.8. The van der Waals surface area contributed by atoms with Crippen LogP contribution in [-0.2, 0) is 11.8 Å². The number of allylic oxidation sites excluding steroid dienone is 1. The van der Waals surface area contributed by atoms with Crippen molar-refractivity contribution in [3.63, 3.8) is 0 Å². The summed E-state index contributed by atoms with van der Waals surface area (Å²) in [5, 5.41) is 7.42. The number of rotatable bonds is 5. The van der Waals surface area contributed by atoms with Gasteiger partial charge in [0.25, 0.3) is 0 Å². The van der Waals surface area contributed by atoms with Crippen LogP contribution in [0.4, 0.5) is 0 Å². The van der Waals surface area contributed by atoms with E-state index in [0.29, 0.717) is 0 Å². The van der Waals surface area contributed by atoms with Crippen molar-refractivity contribution in [1.29, 1.82) is 0 Å². The monoisotopic (exact) mass is 652 g/mol. The van der Waals surface area contributed by atoms with Crippen molar-refractivity contribution in [2.75, 3.05) is 0 Å². The standard InChI is InChI=1S/C50H36O/c1-50(2)44-16-8-15-40(48(44)42-29-37-12-3-4-13-38(37)31-45(42)50)36-23-19-33(20-24-36)10-7-9-32-17-21-34(22-18-32)39-26-27-46-43(30-39)49-41-14-6-5-11-35(41)25-28-47(49)51-46/h3-8,10-31H,9H2,1-2H3/b10-7+. The second-order valence-corrected chi connectivity index (χ2v) is 14.5. The molecule has 10 rings (SSSR count). The maximum absolute atomic E-state index is 6.22. The van der Waals surface area contributed by atoms with Crippen molar-refractivity contribution in [2.45, 2.75) is 25.7 Å². The van der Waals surface area contributed by atoms with Gasteiger partial charge in [0.05, 0.1) is 0 Å². The zero-order valence-corrected chi connectivity index (χ0v) is 28.8. The van der Waals surface area contributed by atoms with E-state index in [1.54, 1.807) is 0 Å². The Morgan fingerprint density at radius 3 is 2.04 bits per heavy atom. The molecule has 0 atom stereocenters. The topological polar surface area (TPSA) is 13.1 Å². The molecule has 0 fully saturated rings. The Morgan fingerprint density at radius 2 is 1.22 bits per heavy atom. The molecule has 1 heterocycles. The smallest absolute Gasteiger partial charge is 0.136 e. The van der Waals surface area contributed by atoms with Gasteiger partial charge in [0.2, 0.25) is 0 Å². The van der Waals surface area contributed by atoms with Gasteiger partial charge < -0.3 is 4.42 Å². The van der Waals surface area contributed by atoms with E-state index in [4.69, 9.17) is 4.42 Å². The second kappa shape index (κ2) is 11.4. The molecule has 0 N–H and O–H groups in total. The highest BCUT2D eigenvalue weighted by Gasteiger charge is 2.37. The molecule has 0 radical (unpaired) electrons. The van der Waals surface area contributed by atoms with Crippen LogP contribution in [0.5, 0.6) is 0 Å². The van der Waals surface area contributed by atoms with Gasteiger partial charge in [0.1, 0.15) is 11.2 Å². The van der Waals surface area contributed by atoms with Crippen LogP contribution in [0.25, 0.3) is 82.9 Å². The van der Waals surface area contributed by atoms with Crippen LogP contribution in [0.15, 0.2) is 168 Å². The molecule has 0 amide bonds. The number of hydrogen-bond acceptors (Lipinski definition) is 1. The third-order valence-corrected chi connectivity index (χ3v) is 11.1. The van der Waals surface area contributed by atoms with E-state index in [-0.39, 0.29) is 5.41 Å². The van der Waals surface area contributed by atoms with Crippen molar-refractivity contribution in [3.8, 4) is 33.4 Å². The van der Waals surface area contributed by atoms with Gasteiger partial charge in [0.15, 0.2) is 0 Å². The summed E-state index contributed by atoms with van der Waals surface area (Å²) < 4.78 is 6.22. The lowest BCUT2D eigenvalue weighted by atomic mass is 9.81. The van der Waals surface area contributed by atoms with Gasteiger partial charge in [0, 0.05) is 16.2 Å². The molecule has 0 unspecified atom stereocenters. The normalized spacial score (nSPS) is 13.5. The minimum Gasteiger partial charge on any atom is -0.456 e. The van der Waals surface area contributed by atoms with E-state index >= 15 is 0 Å². The zero-order valence-electron chi connectivity index (χ0n) is 28.8. The first-order valence-electron chi connectivity index (χ1n) is 17.9. The Kier molecular flexibility index (Phi) is 6.66. The maximum Gasteiger partial charge on any atom is 0.136 e. The van der Waals surface area contributed by atoms with Crippen LogP contribution in [-0.4, -0.2) is 0 Å². The Bertz CT molecular complexity index is 2830. The summed E-state index contributed by atoms with van der Waals surface area (Å²) >= 11 is 0. The summed E-state index contributed by atoms with van der Waals surface area (Å²) in [6.07, 6.45) is 5.38. The molecule has 0 saturated carbocycles. The Balaban J connectivity index is 0.885. The first kappa shape index (κ1) is 29.7. The molecule has 51 heavy (non-hydrogen) atoms. The molecule has 1 heteroatoms. The first-order chi connectivity index (χ1) is 25.0. The van der Waals surface area contributed by atoms with Gasteiger partial charge in [-0.05, 0) is 114 Å². The van der Waals surface area contributed by atoms with Gasteiger partial charge >= 0.3 is 0 Å². The Hall–Kier alpha value is -6.18. The molecule has 1 aliphatic rings. The van der Waals surface area contributed by atoms with Gasteiger partial charge in [-0.3, -0.25) is 0 Å². The van der Waals surface area contributed by atoms with Crippen LogP contribution in [0.2, 0.25) is 0 Å². The molecule has 0 aliphatic heterocycles. The number of hydrogen-bond donors (Lipinski definition) is 0. The molecular formula is C50H36O. The summed E-state index contributed by atoms with van der Waals surface area (Å²) in [5.74, 6) is 0. The zero-order chi connectivity index (χ0) is 34.1. The summed E-state index contributed by atoms with van der Waals surface area (Å²) in [5.41, 5.74) is 14.9. The Labute approximate surface area is 298 Å². The average Bonchev–Trinajstić information content (AvgIpc) is 3.66. The van der Waals surface area contributed by atoms with Crippen LogP contribution < -0.4 is 0 Å². The van der Waals surface area contributed by atoms with Crippen molar-refractivity contribution in [2.24, 2.45) is 0 Å². The lowest BCUT2D eigenvalue weighted by Crippen LogP contribution is -2.14. The molecule has 1 aliphatic carbocycles. The Morgan fingerprint density at radius 1 is 0.510 bits per heavy atom. The van der Waals surface area contributed by atoms with Crippen LogP contribution in [0.3, 0.4) is 0 Å². The molecule has 242 valence electrons. The predicted molar refractivity (Wildman–Crippen MR) is 216 cm³/mol. The fourth-order valence-corrected chi connectivity index (χ4v) is 8.38. The molecule has 0 saturated heterocycles. The SMILES string of the molecule is CC1(C)c2cc3ccccc3cc2-c2c(-c3ccc(/C=C/Cc4ccc(-c5ccc6oc7ccc8ccccc8c7c6c5)cc4)cc3)cccc21. The van der Waals surface area contributed by atoms with E-state index in [1.165, 1.54) is 82.6 Å². The number of furan rings is 1. The van der Waals surface area contributed by atoms with Crippen LogP contribution in [0, 0.1) is 0 Å². The summed E-state index contributed by atoms with van der Waals surface area (Å²) in [6, 6.07) is 57.6. The van der Waals surface area contributed by atoms with Gasteiger partial charge in [-0.1, -0.05) is 153 Å². The van der Waals surface area contributed by atoms with E-state index in [0.717, 1.165) is 23.0 Å². The van der Waals surface area contributed by atoms with Crippen LogP contribution >= 0.6 is 0 Å². The van der Waals surface area contributed by atoms with Crippen molar-refractivity contribution >= 4 is 49.6 Å². The lowest BCUT2D eigenvalue weighted by Gasteiger charge is -2.22. The van der Waals surface area contributed by atoms with E-state index < -0.39 is 0 Å². The maximum atomic E-state index is 6.22. The van der Waals surface area contributed by atoms with Crippen LogP contribution in [0.1, 0.15) is 36.1 Å². The molecule has 9 aromatic rings. The highest BCUT2D eigenvalue weighted by Crippen LogP contribution is 2.53. The molecule has 0 spiro atoms. The molecule has 0 bridgehead atoms. The largest absolute Gasteiger partial charge is 0.456 e. The highest BCUT2D eigenvalue weighted by atomic mass is 16.3. The third kappa shape index (κ3) is 4.84. The summed E-state index contributed by atoms with van der Waals surface area (Å²) in [7, 11) is 0. The van der Waals surface area contributed by atoms with Crippen molar-refractivity contribution < 1.29 is 4.42 Å². The summed E-state index contributed by atoms with van der Waals surface area (Å²) in [4.78, 5) is 0. The minimum absolute atomic E-state index is 0.0385. The van der Waals surface area contributed by atoms with Gasteiger partial charge in [-0.2, -0.15) is 0 Å². The second-order valence-electron chi connectivity index (χ2n) is 14.5. The summed E-state index contributed by atoms with van der Waals surface area (Å²) in [6.45, 7) is 4.72. The van der Waals surface area contributed by atoms with Gasteiger partial charge in [-0.25, -0.2) is 0 Å². The molecule has 1 nitrogen and oxygen atoms in total. The van der Waals surface area contributed by atoms with E-state index in [1.807, 2.05) is 0 Å². The molecule has 1 aromatic heterocycles. The van der Waals surface area contributed by atoms with E-state index in [9.17, 15) is 0 Å². The average molecular weight is 653 g/mol. The lowest BCUT2D eigenvalue weighted by molar-refractivity contribution is 0.661. The quantitative estimate of drug-likeness (QED) is 0.180. The fourth-order valence-electron chi connectivity index (χ4n) is 8.38. The van der Waals surface area contributed by atoms with Crippen molar-refractivity contribution in [1.82, 2.24) is 0 Å². The fraction of sp³-hybridized carbons (Fsp3) is 0.0800. The third-order valence-electron chi connectivity index (χ3n) is 11.1. The van der Waals surface area contributed by atoms with E-state index in [2.05, 4.69) is 184 Å². The molecular weight excluding hydrogens is 617 g/mol. The molecule has 8 aromatic carbocycles.